The van der Waals surface area contributed by atoms with Gasteiger partial charge in [0.2, 0.25) is 0 Å². The van der Waals surface area contributed by atoms with Crippen molar-refractivity contribution in [3.8, 4) is 5.69 Å². The second kappa shape index (κ2) is 7.25. The van der Waals surface area contributed by atoms with E-state index in [4.69, 9.17) is 0 Å². The molecule has 2 heteroatoms. The van der Waals surface area contributed by atoms with Gasteiger partial charge in [-0.2, -0.15) is 0 Å². The Morgan fingerprint density at radius 1 is 0.576 bits per heavy atom. The molecule has 1 aliphatic carbocycles. The number of hydrogen-bond donors (Lipinski definition) is 0. The third kappa shape index (κ3) is 2.81. The molecule has 2 heterocycles. The maximum absolute atomic E-state index is 2.50. The molecule has 1 aliphatic rings. The van der Waals surface area contributed by atoms with E-state index in [1.54, 1.807) is 0 Å². The van der Waals surface area contributed by atoms with Gasteiger partial charge >= 0.3 is 0 Å². The lowest BCUT2D eigenvalue weighted by atomic mass is 10.1. The first-order valence-electron chi connectivity index (χ1n) is 11.7. The second-order valence-corrected chi connectivity index (χ2v) is 8.93. The van der Waals surface area contributed by atoms with Gasteiger partial charge in [0.25, 0.3) is 0 Å². The summed E-state index contributed by atoms with van der Waals surface area (Å²) in [6.07, 6.45) is 7.07. The van der Waals surface area contributed by atoms with Crippen LogP contribution < -0.4 is 10.6 Å². The first-order chi connectivity index (χ1) is 16.4. The third-order valence-corrected chi connectivity index (χ3v) is 7.00. The third-order valence-electron chi connectivity index (χ3n) is 7.00. The number of hydrogen-bond acceptors (Lipinski definition) is 0. The molecule has 0 saturated carbocycles. The number of benzene rings is 4. The highest BCUT2D eigenvalue weighted by atomic mass is 15.0. The van der Waals surface area contributed by atoms with E-state index in [1.165, 1.54) is 54.5 Å². The molecule has 158 valence electrons. The SMILES string of the molecule is C1=c2c(n(Cc3ccc4c(c3)c3ccccc3n4-c3ccccc3)c3ccccc23)=CCC1. The minimum atomic E-state index is 0.876. The molecular formula is C31H24N2. The molecule has 33 heavy (non-hydrogen) atoms. The van der Waals surface area contributed by atoms with Crippen LogP contribution in [0.25, 0.3) is 50.5 Å². The average Bonchev–Trinajstić information content (AvgIpc) is 3.38. The molecular weight excluding hydrogens is 400 g/mol. The van der Waals surface area contributed by atoms with Crippen LogP contribution in [0.5, 0.6) is 0 Å². The summed E-state index contributed by atoms with van der Waals surface area (Å²) in [5.41, 5.74) is 6.37. The van der Waals surface area contributed by atoms with Gasteiger partial charge in [0.1, 0.15) is 0 Å². The Bertz CT molecular complexity index is 1780. The van der Waals surface area contributed by atoms with Gasteiger partial charge in [0, 0.05) is 44.5 Å². The van der Waals surface area contributed by atoms with E-state index in [0.29, 0.717) is 0 Å². The van der Waals surface area contributed by atoms with Crippen LogP contribution in [0.1, 0.15) is 18.4 Å². The zero-order valence-corrected chi connectivity index (χ0v) is 18.4. The van der Waals surface area contributed by atoms with Gasteiger partial charge in [-0.25, -0.2) is 0 Å². The number of fused-ring (bicyclic) bond motifs is 6. The van der Waals surface area contributed by atoms with Gasteiger partial charge in [-0.1, -0.05) is 72.8 Å². The first-order valence-corrected chi connectivity index (χ1v) is 11.7. The summed E-state index contributed by atoms with van der Waals surface area (Å²) in [5, 5.41) is 6.75. The molecule has 0 bridgehead atoms. The number of para-hydroxylation sites is 3. The van der Waals surface area contributed by atoms with Gasteiger partial charge in [0.05, 0.1) is 11.0 Å². The summed E-state index contributed by atoms with van der Waals surface area (Å²) in [7, 11) is 0. The zero-order chi connectivity index (χ0) is 21.8. The van der Waals surface area contributed by atoms with Crippen LogP contribution >= 0.6 is 0 Å². The topological polar surface area (TPSA) is 9.86 Å². The summed E-state index contributed by atoms with van der Waals surface area (Å²) in [6, 6.07) is 35.2. The molecule has 0 N–H and O–H groups in total. The molecule has 6 aromatic rings. The van der Waals surface area contributed by atoms with Gasteiger partial charge in [-0.05, 0) is 54.8 Å². The number of aromatic nitrogens is 2. The molecule has 2 nitrogen and oxygen atoms in total. The van der Waals surface area contributed by atoms with Crippen molar-refractivity contribution < 1.29 is 0 Å². The largest absolute Gasteiger partial charge is 0.336 e. The maximum atomic E-state index is 2.50. The lowest BCUT2D eigenvalue weighted by Gasteiger charge is -2.10. The van der Waals surface area contributed by atoms with E-state index in [2.05, 4.69) is 118 Å². The van der Waals surface area contributed by atoms with E-state index in [-0.39, 0.29) is 0 Å². The monoisotopic (exact) mass is 424 g/mol. The van der Waals surface area contributed by atoms with Crippen LogP contribution in [0.15, 0.2) is 97.1 Å². The number of nitrogens with zero attached hydrogens (tertiary/aromatic N) is 2. The van der Waals surface area contributed by atoms with E-state index < -0.39 is 0 Å². The molecule has 4 aromatic carbocycles. The van der Waals surface area contributed by atoms with Crippen LogP contribution in [-0.4, -0.2) is 9.13 Å². The maximum Gasteiger partial charge on any atom is 0.0541 e. The Balaban J connectivity index is 1.45. The van der Waals surface area contributed by atoms with Crippen molar-refractivity contribution >= 4 is 44.9 Å². The van der Waals surface area contributed by atoms with Crippen LogP contribution in [0.4, 0.5) is 0 Å². The molecule has 0 saturated heterocycles. The summed E-state index contributed by atoms with van der Waals surface area (Å²) >= 11 is 0. The molecule has 2 aromatic heterocycles. The lowest BCUT2D eigenvalue weighted by molar-refractivity contribution is 0.802. The molecule has 0 unspecified atom stereocenters. The van der Waals surface area contributed by atoms with Gasteiger partial charge < -0.3 is 9.13 Å². The minimum absolute atomic E-state index is 0.876. The van der Waals surface area contributed by atoms with Crippen LogP contribution in [0, 0.1) is 0 Å². The molecule has 0 amide bonds. The van der Waals surface area contributed by atoms with E-state index in [9.17, 15) is 0 Å². The Kier molecular flexibility index (Phi) is 4.07. The fourth-order valence-electron chi connectivity index (χ4n) is 5.56. The van der Waals surface area contributed by atoms with Crippen molar-refractivity contribution in [1.29, 1.82) is 0 Å². The summed E-state index contributed by atoms with van der Waals surface area (Å²) in [4.78, 5) is 0. The van der Waals surface area contributed by atoms with Crippen molar-refractivity contribution in [2.24, 2.45) is 0 Å². The van der Waals surface area contributed by atoms with E-state index in [0.717, 1.165) is 19.4 Å². The van der Waals surface area contributed by atoms with Crippen molar-refractivity contribution in [2.45, 2.75) is 19.4 Å². The molecule has 0 radical (unpaired) electrons. The molecule has 0 aliphatic heterocycles. The lowest BCUT2D eigenvalue weighted by Crippen LogP contribution is -2.31. The van der Waals surface area contributed by atoms with Gasteiger partial charge in [-0.3, -0.25) is 0 Å². The first kappa shape index (κ1) is 18.5. The molecule has 0 fully saturated rings. The molecule has 7 rings (SSSR count). The van der Waals surface area contributed by atoms with E-state index >= 15 is 0 Å². The van der Waals surface area contributed by atoms with Crippen molar-refractivity contribution in [3.63, 3.8) is 0 Å². The predicted molar refractivity (Wildman–Crippen MR) is 139 cm³/mol. The minimum Gasteiger partial charge on any atom is -0.336 e. The zero-order valence-electron chi connectivity index (χ0n) is 18.4. The van der Waals surface area contributed by atoms with Crippen LogP contribution in [0.3, 0.4) is 0 Å². The van der Waals surface area contributed by atoms with Crippen LogP contribution in [0.2, 0.25) is 0 Å². The fourth-order valence-corrected chi connectivity index (χ4v) is 5.56. The highest BCUT2D eigenvalue weighted by Gasteiger charge is 2.14. The Labute approximate surface area is 192 Å². The highest BCUT2D eigenvalue weighted by molar-refractivity contribution is 6.09. The Morgan fingerprint density at radius 3 is 2.15 bits per heavy atom. The highest BCUT2D eigenvalue weighted by Crippen LogP contribution is 2.32. The van der Waals surface area contributed by atoms with Gasteiger partial charge in [0.15, 0.2) is 0 Å². The normalized spacial score (nSPS) is 13.2. The van der Waals surface area contributed by atoms with E-state index in [1.807, 2.05) is 0 Å². The second-order valence-electron chi connectivity index (χ2n) is 8.93. The predicted octanol–water partition coefficient (Wildman–Crippen LogP) is 6.14. The van der Waals surface area contributed by atoms with Gasteiger partial charge in [-0.15, -0.1) is 0 Å². The molecule has 0 atom stereocenters. The summed E-state index contributed by atoms with van der Waals surface area (Å²) in [6.45, 7) is 0.876. The Hall–Kier alpha value is -4.04. The average molecular weight is 425 g/mol. The number of rotatable bonds is 3. The Morgan fingerprint density at radius 2 is 1.27 bits per heavy atom. The van der Waals surface area contributed by atoms with Crippen molar-refractivity contribution in [3.05, 3.63) is 113 Å². The smallest absolute Gasteiger partial charge is 0.0541 e. The van der Waals surface area contributed by atoms with Crippen molar-refractivity contribution in [2.75, 3.05) is 0 Å². The van der Waals surface area contributed by atoms with Crippen molar-refractivity contribution in [1.82, 2.24) is 9.13 Å². The summed E-state index contributed by atoms with van der Waals surface area (Å²) < 4.78 is 4.88. The summed E-state index contributed by atoms with van der Waals surface area (Å²) in [5.74, 6) is 0. The standard InChI is InChI=1S/C31H24N2/c1-2-10-23(11-3-1)33-30-17-9-6-14-26(30)27-20-22(18-19-31(27)33)21-32-28-15-7-4-12-24(28)25-13-5-8-16-29(25)32/h1-4,6-7,9-20H,5,8,21H2. The van der Waals surface area contributed by atoms with Crippen LogP contribution in [-0.2, 0) is 6.54 Å². The fraction of sp³-hybridized carbons (Fsp3) is 0.0968. The molecule has 0 spiro atoms. The quantitative estimate of drug-likeness (QED) is 0.323.